The molecule has 2 rings (SSSR count). The van der Waals surface area contributed by atoms with E-state index in [9.17, 15) is 9.18 Å². The second-order valence-electron chi connectivity index (χ2n) is 4.51. The number of nitrogen functional groups attached to an aromatic ring is 1. The Morgan fingerprint density at radius 3 is 2.59 bits per heavy atom. The zero-order chi connectivity index (χ0) is 16.7. The number of amides is 1. The maximum Gasteiger partial charge on any atom is 0.254 e. The van der Waals surface area contributed by atoms with E-state index in [0.29, 0.717) is 22.4 Å². The molecule has 0 bridgehead atoms. The summed E-state index contributed by atoms with van der Waals surface area (Å²) < 4.78 is 13.5. The van der Waals surface area contributed by atoms with Crippen molar-refractivity contribution in [1.29, 1.82) is 0 Å². The van der Waals surface area contributed by atoms with Crippen LogP contribution in [0, 0.1) is 19.7 Å². The van der Waals surface area contributed by atoms with E-state index in [1.54, 1.807) is 19.9 Å². The van der Waals surface area contributed by atoms with Crippen LogP contribution in [0.15, 0.2) is 24.7 Å². The molecule has 1 aromatic carbocycles. The van der Waals surface area contributed by atoms with E-state index in [1.807, 2.05) is 13.8 Å². The van der Waals surface area contributed by atoms with Gasteiger partial charge in [-0.2, -0.15) is 0 Å². The quantitative estimate of drug-likeness (QED) is 0.854. The summed E-state index contributed by atoms with van der Waals surface area (Å²) in [4.78, 5) is 19.7. The van der Waals surface area contributed by atoms with Crippen LogP contribution in [0.25, 0.3) is 0 Å². The van der Waals surface area contributed by atoms with Crippen LogP contribution in [-0.2, 0) is 6.54 Å². The van der Waals surface area contributed by atoms with Crippen LogP contribution in [0.5, 0.6) is 0 Å². The molecule has 1 amide bonds. The molecule has 0 fully saturated rings. The van der Waals surface area contributed by atoms with Crippen LogP contribution in [0.1, 0.15) is 41.0 Å². The third kappa shape index (κ3) is 4.25. The first-order chi connectivity index (χ1) is 10.5. The van der Waals surface area contributed by atoms with Crippen LogP contribution in [0.3, 0.4) is 0 Å². The standard InChI is InChI=1S/C14H15FN4O.C2H6/c1-8-3-10(4-12(15)13(8)16)5-18-14(20)11-6-17-7-19-9(11)2;1-2/h3-4,6-7H,5,16H2,1-2H3,(H,18,20);1-2H3. The minimum Gasteiger partial charge on any atom is -0.396 e. The van der Waals surface area contributed by atoms with E-state index in [0.717, 1.165) is 0 Å². The number of hydrogen-bond donors (Lipinski definition) is 2. The molecular formula is C16H21FN4O. The highest BCUT2D eigenvalue weighted by atomic mass is 19.1. The van der Waals surface area contributed by atoms with Gasteiger partial charge in [-0.25, -0.2) is 14.4 Å². The number of carbonyl (C=O) groups excluding carboxylic acids is 1. The molecular weight excluding hydrogens is 283 g/mol. The summed E-state index contributed by atoms with van der Waals surface area (Å²) in [6.07, 6.45) is 2.83. The number of rotatable bonds is 3. The third-order valence-electron chi connectivity index (χ3n) is 3.01. The lowest BCUT2D eigenvalue weighted by Crippen LogP contribution is -2.24. The average Bonchev–Trinajstić information content (AvgIpc) is 2.52. The molecule has 0 aliphatic heterocycles. The Balaban J connectivity index is 0.00000116. The van der Waals surface area contributed by atoms with Crippen molar-refractivity contribution in [3.8, 4) is 0 Å². The van der Waals surface area contributed by atoms with Crippen molar-refractivity contribution in [3.05, 3.63) is 52.9 Å². The highest BCUT2D eigenvalue weighted by Crippen LogP contribution is 2.17. The first-order valence-corrected chi connectivity index (χ1v) is 7.08. The van der Waals surface area contributed by atoms with E-state index >= 15 is 0 Å². The average molecular weight is 304 g/mol. The van der Waals surface area contributed by atoms with Gasteiger partial charge < -0.3 is 11.1 Å². The molecule has 0 saturated heterocycles. The summed E-state index contributed by atoms with van der Waals surface area (Å²) in [6.45, 7) is 7.66. The van der Waals surface area contributed by atoms with Gasteiger partial charge in [0.15, 0.2) is 0 Å². The van der Waals surface area contributed by atoms with Gasteiger partial charge >= 0.3 is 0 Å². The zero-order valence-corrected chi connectivity index (χ0v) is 13.3. The monoisotopic (exact) mass is 304 g/mol. The molecule has 3 N–H and O–H groups in total. The molecule has 0 saturated carbocycles. The molecule has 5 nitrogen and oxygen atoms in total. The lowest BCUT2D eigenvalue weighted by molar-refractivity contribution is 0.0949. The molecule has 0 spiro atoms. The van der Waals surface area contributed by atoms with Gasteiger partial charge in [0.25, 0.3) is 5.91 Å². The lowest BCUT2D eigenvalue weighted by atomic mass is 10.1. The maximum atomic E-state index is 13.5. The number of aryl methyl sites for hydroxylation is 2. The summed E-state index contributed by atoms with van der Waals surface area (Å²) in [6, 6.07) is 3.06. The number of nitrogens with two attached hydrogens (primary N) is 1. The summed E-state index contributed by atoms with van der Waals surface area (Å²) >= 11 is 0. The topological polar surface area (TPSA) is 80.9 Å². The molecule has 0 unspecified atom stereocenters. The highest BCUT2D eigenvalue weighted by molar-refractivity contribution is 5.94. The van der Waals surface area contributed by atoms with Gasteiger partial charge in [-0.05, 0) is 31.0 Å². The van der Waals surface area contributed by atoms with Gasteiger partial charge in [0.05, 0.1) is 16.9 Å². The number of anilines is 1. The van der Waals surface area contributed by atoms with Gasteiger partial charge in [0.1, 0.15) is 12.1 Å². The van der Waals surface area contributed by atoms with Gasteiger partial charge in [-0.3, -0.25) is 4.79 Å². The van der Waals surface area contributed by atoms with E-state index in [1.165, 1.54) is 18.6 Å². The number of hydrogen-bond acceptors (Lipinski definition) is 4. The van der Waals surface area contributed by atoms with E-state index < -0.39 is 5.82 Å². The Hall–Kier alpha value is -2.50. The summed E-state index contributed by atoms with van der Waals surface area (Å²) in [5.41, 5.74) is 7.96. The Morgan fingerprint density at radius 2 is 2.00 bits per heavy atom. The van der Waals surface area contributed by atoms with Crippen molar-refractivity contribution >= 4 is 11.6 Å². The third-order valence-corrected chi connectivity index (χ3v) is 3.01. The Kier molecular flexibility index (Phi) is 6.44. The molecule has 0 aliphatic carbocycles. The minimum absolute atomic E-state index is 0.132. The summed E-state index contributed by atoms with van der Waals surface area (Å²) in [5.74, 6) is -0.772. The lowest BCUT2D eigenvalue weighted by Gasteiger charge is -2.09. The summed E-state index contributed by atoms with van der Waals surface area (Å²) in [7, 11) is 0. The van der Waals surface area contributed by atoms with Crippen molar-refractivity contribution in [2.75, 3.05) is 5.73 Å². The molecule has 2 aromatic rings. The van der Waals surface area contributed by atoms with Crippen LogP contribution in [-0.4, -0.2) is 15.9 Å². The fraction of sp³-hybridized carbons (Fsp3) is 0.312. The SMILES string of the molecule is CC.Cc1cc(CNC(=O)c2cncnc2C)cc(F)c1N. The molecule has 6 heteroatoms. The number of halogens is 1. The molecule has 0 radical (unpaired) electrons. The van der Waals surface area contributed by atoms with Crippen LogP contribution >= 0.6 is 0 Å². The predicted octanol–water partition coefficient (Wildman–Crippen LogP) is 2.77. The van der Waals surface area contributed by atoms with Gasteiger partial charge in [-0.1, -0.05) is 19.9 Å². The van der Waals surface area contributed by atoms with Crippen molar-refractivity contribution < 1.29 is 9.18 Å². The molecule has 118 valence electrons. The van der Waals surface area contributed by atoms with E-state index in [2.05, 4.69) is 15.3 Å². The number of nitrogens with one attached hydrogen (secondary N) is 1. The first-order valence-electron chi connectivity index (χ1n) is 7.08. The Morgan fingerprint density at radius 1 is 1.32 bits per heavy atom. The van der Waals surface area contributed by atoms with Crippen molar-refractivity contribution in [1.82, 2.24) is 15.3 Å². The molecule has 0 atom stereocenters. The minimum atomic E-state index is -0.478. The first kappa shape index (κ1) is 17.6. The van der Waals surface area contributed by atoms with Gasteiger partial charge in [0.2, 0.25) is 0 Å². The number of benzene rings is 1. The second-order valence-corrected chi connectivity index (χ2v) is 4.51. The number of carbonyl (C=O) groups is 1. The fourth-order valence-corrected chi connectivity index (χ4v) is 1.82. The van der Waals surface area contributed by atoms with Crippen LogP contribution in [0.2, 0.25) is 0 Å². The Bertz CT molecular complexity index is 635. The molecule has 1 aromatic heterocycles. The molecule has 0 aliphatic rings. The van der Waals surface area contributed by atoms with Crippen molar-refractivity contribution in [2.24, 2.45) is 0 Å². The second kappa shape index (κ2) is 8.07. The maximum absolute atomic E-state index is 13.5. The predicted molar refractivity (Wildman–Crippen MR) is 84.8 cm³/mol. The zero-order valence-electron chi connectivity index (χ0n) is 13.3. The summed E-state index contributed by atoms with van der Waals surface area (Å²) in [5, 5.41) is 2.70. The highest BCUT2D eigenvalue weighted by Gasteiger charge is 2.10. The van der Waals surface area contributed by atoms with Gasteiger partial charge in [-0.15, -0.1) is 0 Å². The van der Waals surface area contributed by atoms with Gasteiger partial charge in [0, 0.05) is 12.7 Å². The molecule has 22 heavy (non-hydrogen) atoms. The normalized spacial score (nSPS) is 9.68. The van der Waals surface area contributed by atoms with Crippen molar-refractivity contribution in [2.45, 2.75) is 34.2 Å². The molecule has 1 heterocycles. The van der Waals surface area contributed by atoms with Crippen molar-refractivity contribution in [3.63, 3.8) is 0 Å². The van der Waals surface area contributed by atoms with E-state index in [4.69, 9.17) is 5.73 Å². The fourth-order valence-electron chi connectivity index (χ4n) is 1.82. The Labute approximate surface area is 129 Å². The van der Waals surface area contributed by atoms with Crippen LogP contribution in [0.4, 0.5) is 10.1 Å². The smallest absolute Gasteiger partial charge is 0.254 e. The van der Waals surface area contributed by atoms with Crippen LogP contribution < -0.4 is 11.1 Å². The number of aromatic nitrogens is 2. The number of nitrogens with zero attached hydrogens (tertiary/aromatic N) is 2. The van der Waals surface area contributed by atoms with E-state index in [-0.39, 0.29) is 18.1 Å². The largest absolute Gasteiger partial charge is 0.396 e.